The number of allylic oxidation sites excluding steroid dienone is 1. The average molecular weight is 726 g/mol. The van der Waals surface area contributed by atoms with Crippen molar-refractivity contribution in [2.75, 3.05) is 33.5 Å². The highest BCUT2D eigenvalue weighted by atomic mass is 16.7. The van der Waals surface area contributed by atoms with E-state index in [0.29, 0.717) is 42.1 Å². The first-order valence-corrected chi connectivity index (χ1v) is 18.8. The molecule has 2 N–H and O–H groups in total. The van der Waals surface area contributed by atoms with Crippen molar-refractivity contribution in [3.05, 3.63) is 96.1 Å². The topological polar surface area (TPSA) is 134 Å². The molecular formula is C43H55N3O7. The summed E-state index contributed by atoms with van der Waals surface area (Å²) in [7, 11) is 1.76. The summed E-state index contributed by atoms with van der Waals surface area (Å²) in [5.74, 6) is -0.624. The second-order valence-corrected chi connectivity index (χ2v) is 15.2. The summed E-state index contributed by atoms with van der Waals surface area (Å²) >= 11 is 0. The highest BCUT2D eigenvalue weighted by Crippen LogP contribution is 2.61. The van der Waals surface area contributed by atoms with Crippen LogP contribution in [0.5, 0.6) is 11.5 Å². The van der Waals surface area contributed by atoms with Crippen molar-refractivity contribution < 1.29 is 34.1 Å². The Morgan fingerprint density at radius 3 is 2.40 bits per heavy atom. The summed E-state index contributed by atoms with van der Waals surface area (Å²) in [6, 6.07) is 14.0. The Morgan fingerprint density at radius 1 is 1.06 bits per heavy atom. The first kappa shape index (κ1) is 39.8. The minimum atomic E-state index is -1.36. The van der Waals surface area contributed by atoms with E-state index in [1.165, 1.54) is 0 Å². The second-order valence-electron chi connectivity index (χ2n) is 15.2. The minimum absolute atomic E-state index is 0.0982. The van der Waals surface area contributed by atoms with Gasteiger partial charge in [-0.25, -0.2) is 0 Å². The normalized spacial score (nSPS) is 25.2. The van der Waals surface area contributed by atoms with Crippen LogP contribution in [0.25, 0.3) is 0 Å². The van der Waals surface area contributed by atoms with Gasteiger partial charge in [0.25, 0.3) is 5.91 Å². The van der Waals surface area contributed by atoms with E-state index in [4.69, 9.17) is 24.2 Å². The van der Waals surface area contributed by atoms with E-state index in [0.717, 1.165) is 42.5 Å². The summed E-state index contributed by atoms with van der Waals surface area (Å²) in [6.07, 6.45) is 10.7. The van der Waals surface area contributed by atoms with Gasteiger partial charge in [0.2, 0.25) is 5.79 Å². The number of carbonyl (C=O) groups is 1. The van der Waals surface area contributed by atoms with E-state index in [2.05, 4.69) is 31.4 Å². The molecule has 1 saturated carbocycles. The van der Waals surface area contributed by atoms with Crippen molar-refractivity contribution in [1.29, 1.82) is 5.26 Å². The third-order valence-corrected chi connectivity index (χ3v) is 10.5. The molecule has 2 aromatic carbocycles. The number of rotatable bonds is 17. The molecule has 2 aromatic rings. The lowest BCUT2D eigenvalue weighted by Crippen LogP contribution is -2.69. The SMILES string of the molecule is C=CCOc1ccc2c(c1)[C@H]1[C@H](CCCCO)[C@@H](CCCCO)C=C3C(=NOC(C)(C)C)C[C@H](N(C)C(=O)c4ccc(C#N)cc4)[C@@](OCC=C)(O2)[C@H]31. The van der Waals surface area contributed by atoms with Crippen molar-refractivity contribution in [2.45, 2.75) is 89.1 Å². The number of oxime groups is 1. The predicted molar refractivity (Wildman–Crippen MR) is 205 cm³/mol. The largest absolute Gasteiger partial charge is 0.490 e. The van der Waals surface area contributed by atoms with E-state index < -0.39 is 23.3 Å². The van der Waals surface area contributed by atoms with Crippen LogP contribution in [0.15, 0.2) is 84.6 Å². The summed E-state index contributed by atoms with van der Waals surface area (Å²) in [6.45, 7) is 14.4. The van der Waals surface area contributed by atoms with Crippen LogP contribution in [0.3, 0.4) is 0 Å². The number of amides is 1. The Labute approximate surface area is 314 Å². The lowest BCUT2D eigenvalue weighted by molar-refractivity contribution is -0.252. The molecule has 2 aliphatic carbocycles. The van der Waals surface area contributed by atoms with Crippen LogP contribution in [0, 0.1) is 29.1 Å². The molecule has 3 aliphatic rings. The van der Waals surface area contributed by atoms with Gasteiger partial charge in [-0.3, -0.25) is 4.79 Å². The fraction of sp³-hybridized carbons (Fsp3) is 0.512. The number of aliphatic hydroxyl groups is 2. The Morgan fingerprint density at radius 2 is 1.75 bits per heavy atom. The van der Waals surface area contributed by atoms with Crippen LogP contribution in [0.1, 0.15) is 93.1 Å². The molecule has 0 spiro atoms. The number of nitriles is 1. The van der Waals surface area contributed by atoms with E-state index in [1.54, 1.807) is 48.4 Å². The molecular weight excluding hydrogens is 670 g/mol. The van der Waals surface area contributed by atoms with E-state index >= 15 is 0 Å². The number of nitrogens with zero attached hydrogens (tertiary/aromatic N) is 3. The first-order valence-electron chi connectivity index (χ1n) is 18.8. The number of carbonyl (C=O) groups excluding carboxylic acids is 1. The monoisotopic (exact) mass is 725 g/mol. The van der Waals surface area contributed by atoms with Gasteiger partial charge in [0.05, 0.1) is 29.9 Å². The Hall–Kier alpha value is -4.43. The van der Waals surface area contributed by atoms with Gasteiger partial charge in [-0.2, -0.15) is 5.26 Å². The molecule has 10 heteroatoms. The third kappa shape index (κ3) is 8.70. The molecule has 1 aliphatic heterocycles. The quantitative estimate of drug-likeness (QED) is 0.0985. The highest BCUT2D eigenvalue weighted by Gasteiger charge is 2.65. The van der Waals surface area contributed by atoms with Gasteiger partial charge in [-0.15, -0.1) is 6.58 Å². The predicted octanol–water partition coefficient (Wildman–Crippen LogP) is 7.33. The summed E-state index contributed by atoms with van der Waals surface area (Å²) in [5.41, 5.74) is 3.00. The second kappa shape index (κ2) is 17.6. The van der Waals surface area contributed by atoms with Crippen LogP contribution in [-0.2, 0) is 9.57 Å². The van der Waals surface area contributed by atoms with Gasteiger partial charge >= 0.3 is 0 Å². The number of fused-ring (bicyclic) bond motifs is 2. The molecule has 1 amide bonds. The van der Waals surface area contributed by atoms with Crippen molar-refractivity contribution in [3.8, 4) is 17.6 Å². The molecule has 0 aromatic heterocycles. The summed E-state index contributed by atoms with van der Waals surface area (Å²) < 4.78 is 20.2. The Kier molecular flexibility index (Phi) is 13.2. The van der Waals surface area contributed by atoms with Crippen molar-refractivity contribution in [3.63, 3.8) is 0 Å². The molecule has 284 valence electrons. The molecule has 0 bridgehead atoms. The number of benzene rings is 2. The number of hydrogen-bond acceptors (Lipinski definition) is 9. The van der Waals surface area contributed by atoms with Gasteiger partial charge < -0.3 is 34.2 Å². The fourth-order valence-electron chi connectivity index (χ4n) is 8.20. The Bertz CT molecular complexity index is 1710. The van der Waals surface area contributed by atoms with E-state index in [-0.39, 0.29) is 49.9 Å². The number of aliphatic hydroxyl groups excluding tert-OH is 2. The number of likely N-dealkylation sites (N-methyl/N-ethyl adjacent to an activating group) is 1. The zero-order valence-electron chi connectivity index (χ0n) is 31.6. The lowest BCUT2D eigenvalue weighted by Gasteiger charge is -2.59. The standard InChI is InChI=1S/C43H55N3O7/c1-7-23-50-32-19-20-37-35(26-32)39-33(14-10-12-22-48)31(13-9-11-21-47)25-34-36(45-53-42(3,4)5)27-38(43(52-37,40(34)39)51-24-8-2)46(6)41(49)30-17-15-29(28-44)16-18-30/h7-8,15-20,25-26,31,33,38-40,47-48H,1-2,9-14,21-24,27H2,3-6H3/t31-,33+,38-,39+,40+,43+/m0/s1. The van der Waals surface area contributed by atoms with Crippen LogP contribution in [0.4, 0.5) is 0 Å². The molecule has 53 heavy (non-hydrogen) atoms. The molecule has 0 unspecified atom stereocenters. The fourth-order valence-corrected chi connectivity index (χ4v) is 8.20. The number of hydrogen-bond donors (Lipinski definition) is 2. The van der Waals surface area contributed by atoms with Gasteiger partial charge in [0, 0.05) is 43.7 Å². The molecule has 10 nitrogen and oxygen atoms in total. The lowest BCUT2D eigenvalue weighted by atomic mass is 9.55. The van der Waals surface area contributed by atoms with Crippen LogP contribution in [-0.4, -0.2) is 77.6 Å². The van der Waals surface area contributed by atoms with Gasteiger partial charge in [0.1, 0.15) is 29.7 Å². The smallest absolute Gasteiger partial charge is 0.254 e. The maximum atomic E-state index is 14.4. The zero-order valence-corrected chi connectivity index (χ0v) is 31.6. The minimum Gasteiger partial charge on any atom is -0.490 e. The zero-order chi connectivity index (χ0) is 38.2. The first-order chi connectivity index (χ1) is 25.5. The van der Waals surface area contributed by atoms with E-state index in [1.807, 2.05) is 32.9 Å². The maximum Gasteiger partial charge on any atom is 0.254 e. The molecule has 6 atom stereocenters. The van der Waals surface area contributed by atoms with Crippen LogP contribution < -0.4 is 9.47 Å². The van der Waals surface area contributed by atoms with E-state index in [9.17, 15) is 20.3 Å². The third-order valence-electron chi connectivity index (χ3n) is 10.5. The average Bonchev–Trinajstić information content (AvgIpc) is 3.15. The Balaban J connectivity index is 1.77. The number of unbranched alkanes of at least 4 members (excludes halogenated alkanes) is 2. The molecule has 1 heterocycles. The number of ether oxygens (including phenoxy) is 3. The molecule has 5 rings (SSSR count). The molecule has 0 saturated heterocycles. The highest BCUT2D eigenvalue weighted by molar-refractivity contribution is 6.03. The van der Waals surface area contributed by atoms with Crippen molar-refractivity contribution in [2.24, 2.45) is 22.9 Å². The van der Waals surface area contributed by atoms with Gasteiger partial charge in [-0.05, 0) is 106 Å². The summed E-state index contributed by atoms with van der Waals surface area (Å²) in [4.78, 5) is 22.2. The maximum absolute atomic E-state index is 14.4. The van der Waals surface area contributed by atoms with Crippen molar-refractivity contribution in [1.82, 2.24) is 4.90 Å². The molecule has 0 radical (unpaired) electrons. The van der Waals surface area contributed by atoms with Gasteiger partial charge in [-0.1, -0.05) is 42.8 Å². The molecule has 1 fully saturated rings. The van der Waals surface area contributed by atoms with Crippen LogP contribution >= 0.6 is 0 Å². The van der Waals surface area contributed by atoms with Crippen LogP contribution in [0.2, 0.25) is 0 Å². The summed E-state index contributed by atoms with van der Waals surface area (Å²) in [5, 5.41) is 33.8. The van der Waals surface area contributed by atoms with Gasteiger partial charge in [0.15, 0.2) is 0 Å². The van der Waals surface area contributed by atoms with Crippen molar-refractivity contribution >= 4 is 11.6 Å².